The molecule has 1 aromatic carbocycles. The molecular formula is C15H21NO. The van der Waals surface area contributed by atoms with Gasteiger partial charge in [-0.2, -0.15) is 0 Å². The number of rotatable bonds is 2. The number of hydrogen-bond donors (Lipinski definition) is 2. The van der Waals surface area contributed by atoms with Crippen molar-refractivity contribution in [2.45, 2.75) is 57.1 Å². The van der Waals surface area contributed by atoms with Gasteiger partial charge in [0.25, 0.3) is 0 Å². The number of anilines is 1. The lowest BCUT2D eigenvalue weighted by atomic mass is 9.92. The van der Waals surface area contributed by atoms with E-state index in [4.69, 9.17) is 0 Å². The monoisotopic (exact) mass is 231 g/mol. The van der Waals surface area contributed by atoms with Crippen molar-refractivity contribution in [3.05, 3.63) is 29.3 Å². The summed E-state index contributed by atoms with van der Waals surface area (Å²) in [5, 5.41) is 13.5. The highest BCUT2D eigenvalue weighted by Gasteiger charge is 2.23. The van der Waals surface area contributed by atoms with E-state index in [1.54, 1.807) is 0 Å². The lowest BCUT2D eigenvalue weighted by Crippen LogP contribution is -2.36. The number of hydrogen-bond acceptors (Lipinski definition) is 2. The van der Waals surface area contributed by atoms with Crippen LogP contribution in [0.1, 0.15) is 43.2 Å². The van der Waals surface area contributed by atoms with E-state index in [0.717, 1.165) is 12.8 Å². The fraction of sp³-hybridized carbons (Fsp3) is 0.600. The van der Waals surface area contributed by atoms with E-state index in [1.165, 1.54) is 48.9 Å². The van der Waals surface area contributed by atoms with Gasteiger partial charge in [0, 0.05) is 5.69 Å². The summed E-state index contributed by atoms with van der Waals surface area (Å²) in [6.45, 7) is 0. The highest BCUT2D eigenvalue weighted by Crippen LogP contribution is 2.27. The first-order valence-corrected chi connectivity index (χ1v) is 6.89. The van der Waals surface area contributed by atoms with Gasteiger partial charge in [-0.25, -0.2) is 0 Å². The molecule has 0 amide bonds. The van der Waals surface area contributed by atoms with Crippen molar-refractivity contribution < 1.29 is 5.11 Å². The molecule has 2 aliphatic rings. The minimum absolute atomic E-state index is 0.169. The Labute approximate surface area is 103 Å². The molecule has 1 saturated carbocycles. The summed E-state index contributed by atoms with van der Waals surface area (Å²) in [5.74, 6) is 0. The van der Waals surface area contributed by atoms with Gasteiger partial charge in [-0.05, 0) is 55.4 Å². The van der Waals surface area contributed by atoms with Crippen LogP contribution >= 0.6 is 0 Å². The first kappa shape index (κ1) is 11.1. The summed E-state index contributed by atoms with van der Waals surface area (Å²) in [5.41, 5.74) is 4.21. The van der Waals surface area contributed by atoms with Gasteiger partial charge in [0.05, 0.1) is 12.1 Å². The van der Waals surface area contributed by atoms with Crippen LogP contribution in [0, 0.1) is 0 Å². The molecule has 0 saturated heterocycles. The Morgan fingerprint density at radius 3 is 2.71 bits per heavy atom. The molecule has 0 radical (unpaired) electrons. The van der Waals surface area contributed by atoms with E-state index < -0.39 is 0 Å². The standard InChI is InChI=1S/C15H21NO/c17-15-7-2-1-6-14(15)16-13-9-8-11-4-3-5-12(11)10-13/h8-10,14-17H,1-7H2/t14-,15-/m0/s1. The summed E-state index contributed by atoms with van der Waals surface area (Å²) >= 11 is 0. The molecule has 2 N–H and O–H groups in total. The van der Waals surface area contributed by atoms with Crippen molar-refractivity contribution in [2.75, 3.05) is 5.32 Å². The van der Waals surface area contributed by atoms with E-state index in [2.05, 4.69) is 23.5 Å². The largest absolute Gasteiger partial charge is 0.391 e. The molecule has 0 bridgehead atoms. The molecule has 0 aromatic heterocycles. The highest BCUT2D eigenvalue weighted by atomic mass is 16.3. The van der Waals surface area contributed by atoms with Crippen molar-refractivity contribution in [3.8, 4) is 0 Å². The van der Waals surface area contributed by atoms with Crippen LogP contribution in [-0.4, -0.2) is 17.3 Å². The molecule has 17 heavy (non-hydrogen) atoms. The number of aliphatic hydroxyl groups is 1. The average Bonchev–Trinajstić information content (AvgIpc) is 2.79. The number of aryl methyl sites for hydroxylation is 2. The number of benzene rings is 1. The molecule has 2 atom stereocenters. The molecule has 3 rings (SSSR count). The normalized spacial score (nSPS) is 27.8. The van der Waals surface area contributed by atoms with E-state index in [-0.39, 0.29) is 12.1 Å². The third-order valence-electron chi connectivity index (χ3n) is 4.18. The van der Waals surface area contributed by atoms with E-state index >= 15 is 0 Å². The van der Waals surface area contributed by atoms with Crippen LogP contribution in [0.3, 0.4) is 0 Å². The van der Waals surface area contributed by atoms with Gasteiger partial charge in [-0.1, -0.05) is 18.9 Å². The first-order chi connectivity index (χ1) is 8.33. The predicted molar refractivity (Wildman–Crippen MR) is 70.4 cm³/mol. The Morgan fingerprint density at radius 2 is 1.82 bits per heavy atom. The maximum absolute atomic E-state index is 9.96. The lowest BCUT2D eigenvalue weighted by molar-refractivity contribution is 0.116. The van der Waals surface area contributed by atoms with Crippen molar-refractivity contribution in [1.29, 1.82) is 0 Å². The maximum atomic E-state index is 9.96. The smallest absolute Gasteiger partial charge is 0.0741 e. The second-order valence-electron chi connectivity index (χ2n) is 5.44. The van der Waals surface area contributed by atoms with Crippen LogP contribution in [0.4, 0.5) is 5.69 Å². The van der Waals surface area contributed by atoms with Gasteiger partial charge in [0.2, 0.25) is 0 Å². The number of aliphatic hydroxyl groups excluding tert-OH is 1. The minimum Gasteiger partial charge on any atom is -0.391 e. The third kappa shape index (κ3) is 2.32. The van der Waals surface area contributed by atoms with Crippen LogP contribution in [0.5, 0.6) is 0 Å². The molecule has 2 nitrogen and oxygen atoms in total. The number of fused-ring (bicyclic) bond motifs is 1. The first-order valence-electron chi connectivity index (χ1n) is 6.89. The van der Waals surface area contributed by atoms with Crippen LogP contribution in [0.25, 0.3) is 0 Å². The molecule has 1 fully saturated rings. The predicted octanol–water partition coefficient (Wildman–Crippen LogP) is 2.89. The maximum Gasteiger partial charge on any atom is 0.0741 e. The molecule has 2 heteroatoms. The zero-order chi connectivity index (χ0) is 11.7. The molecule has 2 aliphatic carbocycles. The molecule has 0 unspecified atom stereocenters. The third-order valence-corrected chi connectivity index (χ3v) is 4.18. The molecular weight excluding hydrogens is 210 g/mol. The summed E-state index contributed by atoms with van der Waals surface area (Å²) in [6.07, 6.45) is 8.03. The van der Waals surface area contributed by atoms with Gasteiger partial charge >= 0.3 is 0 Å². The fourth-order valence-electron chi connectivity index (χ4n) is 3.16. The molecule has 1 aromatic rings. The van der Waals surface area contributed by atoms with Crippen LogP contribution in [0.15, 0.2) is 18.2 Å². The second kappa shape index (κ2) is 4.69. The van der Waals surface area contributed by atoms with Crippen molar-refractivity contribution >= 4 is 5.69 Å². The Bertz CT molecular complexity index is 402. The van der Waals surface area contributed by atoms with E-state index in [0.29, 0.717) is 0 Å². The van der Waals surface area contributed by atoms with Crippen molar-refractivity contribution in [1.82, 2.24) is 0 Å². The summed E-state index contributed by atoms with van der Waals surface area (Å²) in [7, 11) is 0. The Balaban J connectivity index is 1.72. The molecule has 0 aliphatic heterocycles. The fourth-order valence-corrected chi connectivity index (χ4v) is 3.16. The highest BCUT2D eigenvalue weighted by molar-refractivity contribution is 5.50. The van der Waals surface area contributed by atoms with Crippen molar-refractivity contribution in [3.63, 3.8) is 0 Å². The Morgan fingerprint density at radius 1 is 1.00 bits per heavy atom. The lowest BCUT2D eigenvalue weighted by Gasteiger charge is -2.29. The van der Waals surface area contributed by atoms with Crippen molar-refractivity contribution in [2.24, 2.45) is 0 Å². The minimum atomic E-state index is -0.169. The topological polar surface area (TPSA) is 32.3 Å². The van der Waals surface area contributed by atoms with E-state index in [9.17, 15) is 5.11 Å². The zero-order valence-electron chi connectivity index (χ0n) is 10.3. The van der Waals surface area contributed by atoms with Crippen LogP contribution in [0.2, 0.25) is 0 Å². The molecule has 0 heterocycles. The SMILES string of the molecule is O[C@H]1CCCC[C@@H]1Nc1ccc2c(c1)CCC2. The summed E-state index contributed by atoms with van der Waals surface area (Å²) in [4.78, 5) is 0. The quantitative estimate of drug-likeness (QED) is 0.820. The average molecular weight is 231 g/mol. The van der Waals surface area contributed by atoms with Gasteiger partial charge in [0.1, 0.15) is 0 Å². The van der Waals surface area contributed by atoms with Gasteiger partial charge in [-0.3, -0.25) is 0 Å². The second-order valence-corrected chi connectivity index (χ2v) is 5.44. The summed E-state index contributed by atoms with van der Waals surface area (Å²) in [6, 6.07) is 6.96. The number of nitrogens with one attached hydrogen (secondary N) is 1. The van der Waals surface area contributed by atoms with Crippen LogP contribution in [-0.2, 0) is 12.8 Å². The zero-order valence-corrected chi connectivity index (χ0v) is 10.3. The Hall–Kier alpha value is -1.02. The van der Waals surface area contributed by atoms with Gasteiger partial charge in [-0.15, -0.1) is 0 Å². The van der Waals surface area contributed by atoms with E-state index in [1.807, 2.05) is 0 Å². The van der Waals surface area contributed by atoms with Gasteiger partial charge < -0.3 is 10.4 Å². The molecule has 92 valence electrons. The van der Waals surface area contributed by atoms with Gasteiger partial charge in [0.15, 0.2) is 0 Å². The Kier molecular flexibility index (Phi) is 3.06. The summed E-state index contributed by atoms with van der Waals surface area (Å²) < 4.78 is 0. The van der Waals surface area contributed by atoms with Crippen LogP contribution < -0.4 is 5.32 Å². The molecule has 0 spiro atoms.